The summed E-state index contributed by atoms with van der Waals surface area (Å²) in [7, 11) is 0. The number of fused-ring (bicyclic) bond motifs is 1. The van der Waals surface area contributed by atoms with Crippen LogP contribution in [0.25, 0.3) is 0 Å². The van der Waals surface area contributed by atoms with Gasteiger partial charge in [-0.1, -0.05) is 18.7 Å². The summed E-state index contributed by atoms with van der Waals surface area (Å²) < 4.78 is 0. The van der Waals surface area contributed by atoms with E-state index in [4.69, 9.17) is 5.26 Å². The number of nitrogens with zero attached hydrogens (tertiary/aromatic N) is 3. The van der Waals surface area contributed by atoms with Crippen molar-refractivity contribution in [1.29, 1.82) is 0 Å². The molecule has 0 aromatic heterocycles. The molecular weight excluding hydrogens is 378 g/mol. The number of rotatable bonds is 4. The average molecular weight is 399 g/mol. The Morgan fingerprint density at radius 1 is 1.46 bits per heavy atom. The SMILES string of the molecule is CC(O)C1C(=O)N2C(C(=O)OO)=C(SC3CN(C4=NCCS4)C3)C(C)C12. The second kappa shape index (κ2) is 6.74. The number of aliphatic imine (C=N–C) groups is 1. The maximum atomic E-state index is 12.4. The summed E-state index contributed by atoms with van der Waals surface area (Å²) in [5.74, 6) is -0.783. The van der Waals surface area contributed by atoms with Crippen molar-refractivity contribution in [2.45, 2.75) is 31.2 Å². The first-order valence-electron chi connectivity index (χ1n) is 8.64. The fraction of sp³-hybridized carbons (Fsp3) is 0.688. The summed E-state index contributed by atoms with van der Waals surface area (Å²) in [6, 6.07) is -0.259. The molecule has 0 aromatic carbocycles. The van der Waals surface area contributed by atoms with E-state index >= 15 is 0 Å². The van der Waals surface area contributed by atoms with E-state index in [1.807, 2.05) is 6.92 Å². The predicted molar refractivity (Wildman–Crippen MR) is 98.4 cm³/mol. The first kappa shape index (κ1) is 18.1. The van der Waals surface area contributed by atoms with Crippen molar-refractivity contribution < 1.29 is 24.8 Å². The van der Waals surface area contributed by atoms with Gasteiger partial charge in [0.2, 0.25) is 5.91 Å². The van der Waals surface area contributed by atoms with Crippen molar-refractivity contribution in [3.8, 4) is 0 Å². The Morgan fingerprint density at radius 2 is 2.19 bits per heavy atom. The van der Waals surface area contributed by atoms with E-state index in [1.54, 1.807) is 30.4 Å². The van der Waals surface area contributed by atoms with Crippen molar-refractivity contribution in [1.82, 2.24) is 9.80 Å². The monoisotopic (exact) mass is 399 g/mol. The maximum absolute atomic E-state index is 12.4. The van der Waals surface area contributed by atoms with Gasteiger partial charge < -0.3 is 14.9 Å². The molecule has 142 valence electrons. The van der Waals surface area contributed by atoms with Crippen molar-refractivity contribution in [3.05, 3.63) is 10.6 Å². The normalized spacial score (nSPS) is 32.2. The van der Waals surface area contributed by atoms with Crippen LogP contribution in [0.2, 0.25) is 0 Å². The van der Waals surface area contributed by atoms with E-state index < -0.39 is 18.0 Å². The van der Waals surface area contributed by atoms with Gasteiger partial charge in [-0.25, -0.2) is 4.79 Å². The van der Waals surface area contributed by atoms with Gasteiger partial charge in [-0.15, -0.1) is 11.8 Å². The molecule has 4 atom stereocenters. The minimum atomic E-state index is -0.911. The second-order valence-corrected chi connectivity index (χ2v) is 9.41. The van der Waals surface area contributed by atoms with Crippen molar-refractivity contribution in [2.24, 2.45) is 16.8 Å². The Kier molecular flexibility index (Phi) is 4.70. The maximum Gasteiger partial charge on any atom is 0.389 e. The molecule has 4 rings (SSSR count). The lowest BCUT2D eigenvalue weighted by Gasteiger charge is -2.46. The molecule has 2 saturated heterocycles. The van der Waals surface area contributed by atoms with Crippen LogP contribution in [-0.4, -0.2) is 80.0 Å². The van der Waals surface area contributed by atoms with E-state index in [9.17, 15) is 14.7 Å². The summed E-state index contributed by atoms with van der Waals surface area (Å²) in [6.07, 6.45) is -0.779. The molecule has 2 N–H and O–H groups in total. The minimum Gasteiger partial charge on any atom is -0.393 e. The van der Waals surface area contributed by atoms with Crippen molar-refractivity contribution in [2.75, 3.05) is 25.4 Å². The molecular formula is C16H21N3O5S2. The third kappa shape index (κ3) is 2.65. The van der Waals surface area contributed by atoms with Gasteiger partial charge in [0, 0.05) is 34.9 Å². The smallest absolute Gasteiger partial charge is 0.389 e. The molecule has 0 spiro atoms. The number of amides is 1. The van der Waals surface area contributed by atoms with Gasteiger partial charge in [0.15, 0.2) is 5.17 Å². The number of thioether (sulfide) groups is 2. The first-order valence-corrected chi connectivity index (χ1v) is 10.5. The van der Waals surface area contributed by atoms with Crippen LogP contribution in [-0.2, 0) is 14.5 Å². The van der Waals surface area contributed by atoms with Gasteiger partial charge in [0.25, 0.3) is 0 Å². The summed E-state index contributed by atoms with van der Waals surface area (Å²) in [4.78, 5) is 37.3. The molecule has 2 fully saturated rings. The number of amidine groups is 1. The summed E-state index contributed by atoms with van der Waals surface area (Å²) >= 11 is 3.33. The number of likely N-dealkylation sites (tertiary alicyclic amines) is 1. The topological polar surface area (TPSA) is 103 Å². The van der Waals surface area contributed by atoms with Crippen LogP contribution < -0.4 is 0 Å². The van der Waals surface area contributed by atoms with E-state index in [0.717, 1.165) is 35.5 Å². The molecule has 8 nitrogen and oxygen atoms in total. The lowest BCUT2D eigenvalue weighted by molar-refractivity contribution is -0.232. The summed E-state index contributed by atoms with van der Waals surface area (Å²) in [5.41, 5.74) is 0.128. The Bertz CT molecular complexity index is 704. The first-order chi connectivity index (χ1) is 12.4. The van der Waals surface area contributed by atoms with E-state index in [0.29, 0.717) is 0 Å². The Balaban J connectivity index is 1.51. The highest BCUT2D eigenvalue weighted by atomic mass is 32.2. The average Bonchev–Trinajstić information content (AvgIpc) is 3.15. The zero-order chi connectivity index (χ0) is 18.6. The van der Waals surface area contributed by atoms with Crippen LogP contribution in [0.5, 0.6) is 0 Å². The number of aliphatic hydroxyl groups excluding tert-OH is 1. The number of carbonyl (C=O) groups excluding carboxylic acids is 2. The van der Waals surface area contributed by atoms with E-state index in [1.165, 1.54) is 4.90 Å². The van der Waals surface area contributed by atoms with Crippen LogP contribution in [0, 0.1) is 11.8 Å². The summed E-state index contributed by atoms with van der Waals surface area (Å²) in [5, 5.41) is 20.2. The third-order valence-electron chi connectivity index (χ3n) is 5.37. The number of hydrogen-bond donors (Lipinski definition) is 2. The van der Waals surface area contributed by atoms with E-state index in [2.05, 4.69) is 14.8 Å². The van der Waals surface area contributed by atoms with Gasteiger partial charge in [0.05, 0.1) is 24.6 Å². The highest BCUT2D eigenvalue weighted by molar-refractivity contribution is 8.14. The van der Waals surface area contributed by atoms with Crippen LogP contribution in [0.15, 0.2) is 15.6 Å². The number of carbonyl (C=O) groups is 2. The molecule has 0 radical (unpaired) electrons. The largest absolute Gasteiger partial charge is 0.393 e. The number of β-lactam (4-membered cyclic amide) rings is 1. The van der Waals surface area contributed by atoms with Crippen LogP contribution in [0.3, 0.4) is 0 Å². The molecule has 26 heavy (non-hydrogen) atoms. The lowest BCUT2D eigenvalue weighted by Crippen LogP contribution is -2.63. The Labute approximate surface area is 159 Å². The molecule has 4 heterocycles. The standard InChI is InChI=1S/C16H21N3O5S2/c1-7-11-10(8(2)20)14(21)19(11)12(15(22)24-23)13(7)26-9-5-18(6-9)16-17-3-4-25-16/h7-11,20,23H,3-6H2,1-2H3. The Morgan fingerprint density at radius 3 is 2.77 bits per heavy atom. The quantitative estimate of drug-likeness (QED) is 0.402. The van der Waals surface area contributed by atoms with Crippen LogP contribution >= 0.6 is 23.5 Å². The third-order valence-corrected chi connectivity index (χ3v) is 7.85. The number of hydrogen-bond acceptors (Lipinski definition) is 9. The Hall–Kier alpha value is -1.23. The van der Waals surface area contributed by atoms with Gasteiger partial charge in [0.1, 0.15) is 5.70 Å². The predicted octanol–water partition coefficient (Wildman–Crippen LogP) is 0.592. The molecule has 0 saturated carbocycles. The fourth-order valence-corrected chi connectivity index (χ4v) is 6.47. The van der Waals surface area contributed by atoms with Gasteiger partial charge >= 0.3 is 5.97 Å². The highest BCUT2D eigenvalue weighted by Crippen LogP contribution is 2.52. The molecule has 4 aliphatic heterocycles. The van der Waals surface area contributed by atoms with E-state index in [-0.39, 0.29) is 28.8 Å². The number of aliphatic hydroxyl groups is 1. The molecule has 0 bridgehead atoms. The molecule has 10 heteroatoms. The highest BCUT2D eigenvalue weighted by Gasteiger charge is 2.60. The van der Waals surface area contributed by atoms with Crippen molar-refractivity contribution in [3.63, 3.8) is 0 Å². The summed E-state index contributed by atoms with van der Waals surface area (Å²) in [6.45, 7) is 6.08. The molecule has 4 aliphatic rings. The fourth-order valence-electron chi connectivity index (χ4n) is 4.08. The second-order valence-electron chi connectivity index (χ2n) is 7.00. The van der Waals surface area contributed by atoms with Crippen LogP contribution in [0.1, 0.15) is 13.8 Å². The zero-order valence-corrected chi connectivity index (χ0v) is 16.1. The lowest BCUT2D eigenvalue weighted by atomic mass is 9.79. The van der Waals surface area contributed by atoms with Crippen molar-refractivity contribution >= 4 is 40.6 Å². The van der Waals surface area contributed by atoms with Gasteiger partial charge in [-0.3, -0.25) is 14.7 Å². The molecule has 0 aliphatic carbocycles. The van der Waals surface area contributed by atoms with Crippen LogP contribution in [0.4, 0.5) is 0 Å². The minimum absolute atomic E-state index is 0.0846. The molecule has 4 unspecified atom stereocenters. The zero-order valence-electron chi connectivity index (χ0n) is 14.5. The van der Waals surface area contributed by atoms with Gasteiger partial charge in [-0.2, -0.15) is 5.26 Å². The van der Waals surface area contributed by atoms with Gasteiger partial charge in [-0.05, 0) is 6.92 Å². The molecule has 0 aromatic rings. The molecule has 1 amide bonds.